The highest BCUT2D eigenvalue weighted by Gasteiger charge is 2.26. The summed E-state index contributed by atoms with van der Waals surface area (Å²) in [5.74, 6) is -0.785. The van der Waals surface area contributed by atoms with E-state index in [-0.39, 0.29) is 17.0 Å². The van der Waals surface area contributed by atoms with Crippen LogP contribution in [0.15, 0.2) is 91.1 Å². The summed E-state index contributed by atoms with van der Waals surface area (Å²) in [5.41, 5.74) is 2.38. The van der Waals surface area contributed by atoms with Crippen LogP contribution in [0.25, 0.3) is 15.9 Å². The van der Waals surface area contributed by atoms with Crippen LogP contribution in [-0.2, 0) is 0 Å². The molecule has 150 valence electrons. The van der Waals surface area contributed by atoms with Gasteiger partial charge in [0, 0.05) is 11.9 Å². The summed E-state index contributed by atoms with van der Waals surface area (Å²) in [6, 6.07) is 26.0. The minimum absolute atomic E-state index is 0.0527. The van der Waals surface area contributed by atoms with Crippen molar-refractivity contribution in [3.63, 3.8) is 0 Å². The molecule has 2 heterocycles. The molecule has 0 aliphatic rings. The minimum Gasteiger partial charge on any atom is -0.321 e. The molecule has 2 aromatic heterocycles. The first-order valence-electron chi connectivity index (χ1n) is 9.61. The summed E-state index contributed by atoms with van der Waals surface area (Å²) in [5, 5.41) is 7.57. The third-order valence-electron chi connectivity index (χ3n) is 4.71. The predicted octanol–water partition coefficient (Wildman–Crippen LogP) is 4.97. The van der Waals surface area contributed by atoms with Gasteiger partial charge in [-0.3, -0.25) is 9.59 Å². The Bertz CT molecular complexity index is 1360. The summed E-state index contributed by atoms with van der Waals surface area (Å²) < 4.78 is 2.46. The second-order valence-corrected chi connectivity index (χ2v) is 7.84. The van der Waals surface area contributed by atoms with E-state index in [0.717, 1.165) is 15.9 Å². The lowest BCUT2D eigenvalue weighted by Gasteiger charge is -2.04. The number of thiazole rings is 1. The van der Waals surface area contributed by atoms with E-state index < -0.39 is 5.91 Å². The summed E-state index contributed by atoms with van der Waals surface area (Å²) in [6.07, 6.45) is 1.59. The second kappa shape index (κ2) is 7.97. The van der Waals surface area contributed by atoms with Crippen LogP contribution < -0.4 is 5.32 Å². The predicted molar refractivity (Wildman–Crippen MR) is 121 cm³/mol. The van der Waals surface area contributed by atoms with E-state index in [1.165, 1.54) is 11.3 Å². The van der Waals surface area contributed by atoms with Crippen molar-refractivity contribution >= 4 is 38.9 Å². The normalized spacial score (nSPS) is 10.8. The Balaban J connectivity index is 1.58. The number of benzene rings is 3. The quantitative estimate of drug-likeness (QED) is 0.404. The van der Waals surface area contributed by atoms with Crippen molar-refractivity contribution in [3.05, 3.63) is 107 Å². The summed E-state index contributed by atoms with van der Waals surface area (Å²) in [7, 11) is 0. The third-order valence-corrected chi connectivity index (χ3v) is 5.75. The highest BCUT2D eigenvalue weighted by Crippen LogP contribution is 2.25. The van der Waals surface area contributed by atoms with Gasteiger partial charge in [-0.25, -0.2) is 9.67 Å². The van der Waals surface area contributed by atoms with Gasteiger partial charge in [-0.1, -0.05) is 48.5 Å². The van der Waals surface area contributed by atoms with E-state index in [9.17, 15) is 9.59 Å². The number of carbonyl (C=O) groups excluding carboxylic acids is 2. The monoisotopic (exact) mass is 424 g/mol. The first kappa shape index (κ1) is 18.9. The zero-order valence-electron chi connectivity index (χ0n) is 16.2. The molecule has 0 spiro atoms. The van der Waals surface area contributed by atoms with Gasteiger partial charge >= 0.3 is 0 Å². The van der Waals surface area contributed by atoms with E-state index in [2.05, 4.69) is 15.4 Å². The van der Waals surface area contributed by atoms with Crippen LogP contribution in [0.4, 0.5) is 5.69 Å². The number of nitrogens with one attached hydrogen (secondary N) is 1. The van der Waals surface area contributed by atoms with E-state index in [1.807, 2.05) is 72.8 Å². The van der Waals surface area contributed by atoms with Gasteiger partial charge in [0.05, 0.1) is 21.5 Å². The summed E-state index contributed by atoms with van der Waals surface area (Å²) in [6.45, 7) is 0. The summed E-state index contributed by atoms with van der Waals surface area (Å²) in [4.78, 5) is 30.8. The number of nitrogens with zero attached hydrogens (tertiary/aromatic N) is 3. The van der Waals surface area contributed by atoms with E-state index in [4.69, 9.17) is 0 Å². The SMILES string of the molecule is O=C(c1nc2ccccc2s1)c1cn(-c2ccccc2)nc1C(=O)Nc1ccccc1. The van der Waals surface area contributed by atoms with E-state index >= 15 is 0 Å². The van der Waals surface area contributed by atoms with Crippen LogP contribution in [0, 0.1) is 0 Å². The highest BCUT2D eigenvalue weighted by molar-refractivity contribution is 7.20. The molecule has 1 N–H and O–H groups in total. The average Bonchev–Trinajstić information content (AvgIpc) is 3.45. The maximum absolute atomic E-state index is 13.4. The molecule has 0 fully saturated rings. The molecule has 31 heavy (non-hydrogen) atoms. The molecule has 1 amide bonds. The maximum atomic E-state index is 13.4. The Hall–Kier alpha value is -4.10. The molecule has 0 unspecified atom stereocenters. The van der Waals surface area contributed by atoms with Crippen molar-refractivity contribution in [3.8, 4) is 5.69 Å². The Labute approximate surface area is 181 Å². The topological polar surface area (TPSA) is 76.9 Å². The molecule has 7 heteroatoms. The maximum Gasteiger partial charge on any atom is 0.276 e. The van der Waals surface area contributed by atoms with Crippen LogP contribution in [0.5, 0.6) is 0 Å². The lowest BCUT2D eigenvalue weighted by molar-refractivity contribution is 0.0993. The van der Waals surface area contributed by atoms with Gasteiger partial charge < -0.3 is 5.32 Å². The van der Waals surface area contributed by atoms with E-state index in [1.54, 1.807) is 23.0 Å². The van der Waals surface area contributed by atoms with Crippen molar-refractivity contribution in [1.82, 2.24) is 14.8 Å². The number of hydrogen-bond acceptors (Lipinski definition) is 5. The number of anilines is 1. The van der Waals surface area contributed by atoms with Gasteiger partial charge in [0.2, 0.25) is 5.78 Å². The van der Waals surface area contributed by atoms with Crippen molar-refractivity contribution < 1.29 is 9.59 Å². The molecular weight excluding hydrogens is 408 g/mol. The molecule has 5 aromatic rings. The zero-order chi connectivity index (χ0) is 21.2. The molecule has 0 saturated heterocycles. The molecule has 0 aliphatic heterocycles. The van der Waals surface area contributed by atoms with Gasteiger partial charge in [-0.15, -0.1) is 11.3 Å². The Morgan fingerprint density at radius 1 is 0.839 bits per heavy atom. The van der Waals surface area contributed by atoms with Crippen LogP contribution >= 0.6 is 11.3 Å². The molecule has 0 atom stereocenters. The van der Waals surface area contributed by atoms with E-state index in [0.29, 0.717) is 10.7 Å². The van der Waals surface area contributed by atoms with Crippen LogP contribution in [-0.4, -0.2) is 26.5 Å². The Morgan fingerprint density at radius 2 is 1.52 bits per heavy atom. The molecule has 3 aromatic carbocycles. The lowest BCUT2D eigenvalue weighted by Crippen LogP contribution is -2.16. The Kier molecular flexibility index (Phi) is 4.86. The molecule has 0 radical (unpaired) electrons. The van der Waals surface area contributed by atoms with Crippen LogP contribution in [0.3, 0.4) is 0 Å². The first-order chi connectivity index (χ1) is 15.2. The smallest absolute Gasteiger partial charge is 0.276 e. The van der Waals surface area contributed by atoms with Crippen molar-refractivity contribution in [2.75, 3.05) is 5.32 Å². The molecule has 6 nitrogen and oxygen atoms in total. The molecule has 0 aliphatic carbocycles. The fourth-order valence-electron chi connectivity index (χ4n) is 3.22. The zero-order valence-corrected chi connectivity index (χ0v) is 17.0. The molecule has 0 saturated carbocycles. The number of ketones is 1. The van der Waals surface area contributed by atoms with Gasteiger partial charge in [-0.05, 0) is 36.4 Å². The summed E-state index contributed by atoms with van der Waals surface area (Å²) >= 11 is 1.30. The van der Waals surface area contributed by atoms with Crippen LogP contribution in [0.1, 0.15) is 25.9 Å². The number of hydrogen-bond donors (Lipinski definition) is 1. The number of rotatable bonds is 5. The number of aromatic nitrogens is 3. The molecule has 0 bridgehead atoms. The van der Waals surface area contributed by atoms with Gasteiger partial charge in [0.15, 0.2) is 10.7 Å². The number of para-hydroxylation sites is 3. The number of amides is 1. The van der Waals surface area contributed by atoms with Gasteiger partial charge in [-0.2, -0.15) is 5.10 Å². The average molecular weight is 424 g/mol. The second-order valence-electron chi connectivity index (χ2n) is 6.81. The lowest BCUT2D eigenvalue weighted by atomic mass is 10.1. The van der Waals surface area contributed by atoms with Crippen molar-refractivity contribution in [1.29, 1.82) is 0 Å². The molecular formula is C24H16N4O2S. The third kappa shape index (κ3) is 3.74. The largest absolute Gasteiger partial charge is 0.321 e. The van der Waals surface area contributed by atoms with Gasteiger partial charge in [0.1, 0.15) is 0 Å². The fraction of sp³-hybridized carbons (Fsp3) is 0. The fourth-order valence-corrected chi connectivity index (χ4v) is 4.14. The molecule has 5 rings (SSSR count). The standard InChI is InChI=1S/C24H16N4O2S/c29-22(24-26-19-13-7-8-14-20(19)31-24)18-15-28(17-11-5-2-6-12-17)27-21(18)23(30)25-16-9-3-1-4-10-16/h1-15H,(H,25,30). The minimum atomic E-state index is -0.453. The van der Waals surface area contributed by atoms with Crippen molar-refractivity contribution in [2.45, 2.75) is 0 Å². The first-order valence-corrected chi connectivity index (χ1v) is 10.4. The Morgan fingerprint density at radius 3 is 2.26 bits per heavy atom. The number of carbonyl (C=O) groups is 2. The highest BCUT2D eigenvalue weighted by atomic mass is 32.1. The van der Waals surface area contributed by atoms with Crippen LogP contribution in [0.2, 0.25) is 0 Å². The van der Waals surface area contributed by atoms with Crippen molar-refractivity contribution in [2.24, 2.45) is 0 Å². The van der Waals surface area contributed by atoms with Gasteiger partial charge in [0.25, 0.3) is 5.91 Å². The number of fused-ring (bicyclic) bond motifs is 1.